The van der Waals surface area contributed by atoms with Crippen molar-refractivity contribution in [1.29, 1.82) is 0 Å². The molecular formula is C17H15ClN2O2S. The van der Waals surface area contributed by atoms with Gasteiger partial charge in [0.15, 0.2) is 0 Å². The molecule has 0 aromatic heterocycles. The molecule has 6 heteroatoms. The molecule has 118 valence electrons. The number of anilines is 2. The zero-order chi connectivity index (χ0) is 16.4. The van der Waals surface area contributed by atoms with Gasteiger partial charge in [-0.05, 0) is 36.8 Å². The van der Waals surface area contributed by atoms with Crippen LogP contribution in [0.15, 0.2) is 47.4 Å². The predicted molar refractivity (Wildman–Crippen MR) is 94.2 cm³/mol. The molecule has 1 atom stereocenters. The minimum atomic E-state index is -0.439. The van der Waals surface area contributed by atoms with E-state index in [1.807, 2.05) is 37.3 Å². The first-order valence-corrected chi connectivity index (χ1v) is 8.41. The van der Waals surface area contributed by atoms with E-state index in [2.05, 4.69) is 10.6 Å². The van der Waals surface area contributed by atoms with Gasteiger partial charge in [-0.1, -0.05) is 29.8 Å². The smallest absolute Gasteiger partial charge is 0.238 e. The molecule has 0 saturated heterocycles. The summed E-state index contributed by atoms with van der Waals surface area (Å²) in [7, 11) is 0. The first kappa shape index (κ1) is 15.9. The van der Waals surface area contributed by atoms with Crippen LogP contribution in [0.4, 0.5) is 11.4 Å². The van der Waals surface area contributed by atoms with E-state index >= 15 is 0 Å². The van der Waals surface area contributed by atoms with E-state index in [-0.39, 0.29) is 18.2 Å². The Hall–Kier alpha value is -1.98. The van der Waals surface area contributed by atoms with Gasteiger partial charge in [-0.25, -0.2) is 0 Å². The quantitative estimate of drug-likeness (QED) is 0.880. The molecule has 0 radical (unpaired) electrons. The van der Waals surface area contributed by atoms with Crippen LogP contribution in [0.2, 0.25) is 5.02 Å². The molecule has 2 aromatic carbocycles. The maximum Gasteiger partial charge on any atom is 0.238 e. The molecule has 23 heavy (non-hydrogen) atoms. The van der Waals surface area contributed by atoms with Crippen LogP contribution in [0.3, 0.4) is 0 Å². The molecule has 1 aliphatic rings. The molecule has 3 rings (SSSR count). The fraction of sp³-hybridized carbons (Fsp3) is 0.176. The number of rotatable bonds is 3. The van der Waals surface area contributed by atoms with Crippen molar-refractivity contribution in [3.05, 3.63) is 53.1 Å². The summed E-state index contributed by atoms with van der Waals surface area (Å²) in [6.45, 7) is 1.90. The van der Waals surface area contributed by atoms with Crippen molar-refractivity contribution in [2.75, 3.05) is 10.6 Å². The molecule has 4 nitrogen and oxygen atoms in total. The highest BCUT2D eigenvalue weighted by atomic mass is 35.5. The minimum absolute atomic E-state index is 0.107. The van der Waals surface area contributed by atoms with Gasteiger partial charge in [0.2, 0.25) is 11.8 Å². The van der Waals surface area contributed by atoms with Gasteiger partial charge in [0.05, 0.1) is 10.9 Å². The third-order valence-corrected chi connectivity index (χ3v) is 5.22. The van der Waals surface area contributed by atoms with Crippen molar-refractivity contribution in [1.82, 2.24) is 0 Å². The molecule has 2 amide bonds. The Morgan fingerprint density at radius 3 is 2.87 bits per heavy atom. The van der Waals surface area contributed by atoms with Crippen molar-refractivity contribution in [3.8, 4) is 0 Å². The van der Waals surface area contributed by atoms with Crippen LogP contribution in [0.25, 0.3) is 0 Å². The van der Waals surface area contributed by atoms with Gasteiger partial charge in [-0.2, -0.15) is 0 Å². The second kappa shape index (κ2) is 6.64. The molecule has 0 fully saturated rings. The lowest BCUT2D eigenvalue weighted by Gasteiger charge is -2.23. The van der Waals surface area contributed by atoms with Crippen LogP contribution in [0.5, 0.6) is 0 Å². The summed E-state index contributed by atoms with van der Waals surface area (Å²) in [5, 5.41) is 5.78. The predicted octanol–water partition coefficient (Wildman–Crippen LogP) is 4.09. The summed E-state index contributed by atoms with van der Waals surface area (Å²) in [6, 6.07) is 12.9. The van der Waals surface area contributed by atoms with Gasteiger partial charge >= 0.3 is 0 Å². The number of hydrogen-bond acceptors (Lipinski definition) is 3. The summed E-state index contributed by atoms with van der Waals surface area (Å²) < 4.78 is 0. The highest BCUT2D eigenvalue weighted by Gasteiger charge is 2.28. The molecule has 1 aliphatic heterocycles. The van der Waals surface area contributed by atoms with Crippen molar-refractivity contribution < 1.29 is 9.59 Å². The van der Waals surface area contributed by atoms with Crippen molar-refractivity contribution in [3.63, 3.8) is 0 Å². The van der Waals surface area contributed by atoms with Gasteiger partial charge in [0.25, 0.3) is 0 Å². The molecule has 0 spiro atoms. The number of hydrogen-bond donors (Lipinski definition) is 2. The Morgan fingerprint density at radius 2 is 2.09 bits per heavy atom. The number of amides is 2. The Kier molecular flexibility index (Phi) is 4.59. The summed E-state index contributed by atoms with van der Waals surface area (Å²) in [6.07, 6.45) is 0.107. The molecule has 0 saturated carbocycles. The molecule has 1 heterocycles. The van der Waals surface area contributed by atoms with Gasteiger partial charge in [0, 0.05) is 22.0 Å². The summed E-state index contributed by atoms with van der Waals surface area (Å²) in [5.74, 6) is -0.359. The van der Waals surface area contributed by atoms with E-state index < -0.39 is 5.25 Å². The summed E-state index contributed by atoms with van der Waals surface area (Å²) in [5.41, 5.74) is 2.38. The molecular weight excluding hydrogens is 332 g/mol. The third kappa shape index (κ3) is 3.68. The number of para-hydroxylation sites is 1. The highest BCUT2D eigenvalue weighted by Crippen LogP contribution is 2.36. The molecule has 0 aliphatic carbocycles. The third-order valence-electron chi connectivity index (χ3n) is 3.53. The van der Waals surface area contributed by atoms with Crippen LogP contribution in [0.1, 0.15) is 12.0 Å². The largest absolute Gasteiger partial charge is 0.326 e. The van der Waals surface area contributed by atoms with Gasteiger partial charge in [0.1, 0.15) is 0 Å². The second-order valence-corrected chi connectivity index (χ2v) is 6.96. The van der Waals surface area contributed by atoms with Crippen molar-refractivity contribution >= 4 is 46.6 Å². The Balaban J connectivity index is 1.66. The SMILES string of the molecule is Cc1ccc(NC(=O)CC2Sc3ccccc3NC2=O)cc1Cl. The van der Waals surface area contributed by atoms with E-state index in [0.717, 1.165) is 16.1 Å². The second-order valence-electron chi connectivity index (χ2n) is 5.31. The van der Waals surface area contributed by atoms with Crippen LogP contribution >= 0.6 is 23.4 Å². The Morgan fingerprint density at radius 1 is 1.30 bits per heavy atom. The van der Waals surface area contributed by atoms with Crippen molar-refractivity contribution in [2.45, 2.75) is 23.5 Å². The minimum Gasteiger partial charge on any atom is -0.326 e. The Bertz CT molecular complexity index is 779. The average molecular weight is 347 g/mol. The first-order chi connectivity index (χ1) is 11.0. The lowest BCUT2D eigenvalue weighted by atomic mass is 10.2. The highest BCUT2D eigenvalue weighted by molar-refractivity contribution is 8.01. The monoisotopic (exact) mass is 346 g/mol. The number of fused-ring (bicyclic) bond motifs is 1. The molecule has 0 bridgehead atoms. The lowest BCUT2D eigenvalue weighted by Crippen LogP contribution is -2.32. The number of carbonyl (C=O) groups excluding carboxylic acids is 2. The van der Waals surface area contributed by atoms with E-state index in [4.69, 9.17) is 11.6 Å². The standard InChI is InChI=1S/C17H15ClN2O2S/c1-10-6-7-11(8-12(10)18)19-16(21)9-15-17(22)20-13-4-2-3-5-14(13)23-15/h2-8,15H,9H2,1H3,(H,19,21)(H,20,22). The van der Waals surface area contributed by atoms with Gasteiger partial charge in [-0.15, -0.1) is 11.8 Å². The number of halogens is 1. The number of aryl methyl sites for hydroxylation is 1. The normalized spacial score (nSPS) is 16.4. The molecule has 2 aromatic rings. The van der Waals surface area contributed by atoms with Crippen LogP contribution in [-0.4, -0.2) is 17.1 Å². The van der Waals surface area contributed by atoms with Crippen LogP contribution in [-0.2, 0) is 9.59 Å². The maximum atomic E-state index is 12.2. The molecule has 1 unspecified atom stereocenters. The van der Waals surface area contributed by atoms with Crippen LogP contribution in [0, 0.1) is 6.92 Å². The maximum absolute atomic E-state index is 12.2. The number of nitrogens with one attached hydrogen (secondary N) is 2. The Labute approximate surface area is 143 Å². The van der Waals surface area contributed by atoms with E-state index in [0.29, 0.717) is 10.7 Å². The molecule has 2 N–H and O–H groups in total. The first-order valence-electron chi connectivity index (χ1n) is 7.15. The fourth-order valence-electron chi connectivity index (χ4n) is 2.28. The van der Waals surface area contributed by atoms with E-state index in [1.165, 1.54) is 11.8 Å². The van der Waals surface area contributed by atoms with Crippen LogP contribution < -0.4 is 10.6 Å². The number of thioether (sulfide) groups is 1. The topological polar surface area (TPSA) is 58.2 Å². The zero-order valence-corrected chi connectivity index (χ0v) is 14.0. The zero-order valence-electron chi connectivity index (χ0n) is 12.4. The fourth-order valence-corrected chi connectivity index (χ4v) is 3.57. The van der Waals surface area contributed by atoms with E-state index in [1.54, 1.807) is 12.1 Å². The van der Waals surface area contributed by atoms with Crippen molar-refractivity contribution in [2.24, 2.45) is 0 Å². The van der Waals surface area contributed by atoms with Gasteiger partial charge < -0.3 is 10.6 Å². The number of carbonyl (C=O) groups is 2. The summed E-state index contributed by atoms with van der Waals surface area (Å²) in [4.78, 5) is 25.3. The summed E-state index contributed by atoms with van der Waals surface area (Å²) >= 11 is 7.46. The van der Waals surface area contributed by atoms with Gasteiger partial charge in [-0.3, -0.25) is 9.59 Å². The average Bonchev–Trinajstić information content (AvgIpc) is 2.51. The lowest BCUT2D eigenvalue weighted by molar-refractivity contribution is -0.120. The van der Waals surface area contributed by atoms with E-state index in [9.17, 15) is 9.59 Å². The number of benzene rings is 2.